The van der Waals surface area contributed by atoms with Crippen LogP contribution in [0.3, 0.4) is 0 Å². The summed E-state index contributed by atoms with van der Waals surface area (Å²) in [5.74, 6) is 1.41. The molecule has 126 valence electrons. The van der Waals surface area contributed by atoms with Gasteiger partial charge >= 0.3 is 5.76 Å². The van der Waals surface area contributed by atoms with Crippen molar-refractivity contribution in [3.63, 3.8) is 0 Å². The van der Waals surface area contributed by atoms with Crippen molar-refractivity contribution in [2.75, 3.05) is 5.75 Å². The number of hydrogen-bond donors (Lipinski definition) is 0. The van der Waals surface area contributed by atoms with Crippen molar-refractivity contribution < 1.29 is 8.83 Å². The first-order valence-electron chi connectivity index (χ1n) is 8.22. The van der Waals surface area contributed by atoms with Gasteiger partial charge in [0.1, 0.15) is 0 Å². The van der Waals surface area contributed by atoms with Gasteiger partial charge in [0.25, 0.3) is 5.22 Å². The van der Waals surface area contributed by atoms with Crippen LogP contribution in [0.1, 0.15) is 43.9 Å². The summed E-state index contributed by atoms with van der Waals surface area (Å²) in [6, 6.07) is 3.48. The number of nitrogens with zero attached hydrogens (tertiary/aromatic N) is 4. The van der Waals surface area contributed by atoms with Crippen molar-refractivity contribution in [2.45, 2.75) is 49.8 Å². The predicted octanol–water partition coefficient (Wildman–Crippen LogP) is 3.21. The second-order valence-electron chi connectivity index (χ2n) is 5.93. The van der Waals surface area contributed by atoms with Gasteiger partial charge in [-0.05, 0) is 25.0 Å². The van der Waals surface area contributed by atoms with E-state index < -0.39 is 5.76 Å². The molecule has 3 aromatic heterocycles. The van der Waals surface area contributed by atoms with E-state index in [1.165, 1.54) is 35.6 Å². The van der Waals surface area contributed by atoms with Crippen molar-refractivity contribution in [1.82, 2.24) is 19.7 Å². The maximum absolute atomic E-state index is 11.9. The van der Waals surface area contributed by atoms with Crippen LogP contribution >= 0.6 is 11.8 Å². The van der Waals surface area contributed by atoms with Gasteiger partial charge in [0.15, 0.2) is 11.2 Å². The van der Waals surface area contributed by atoms with E-state index in [1.54, 1.807) is 18.3 Å². The van der Waals surface area contributed by atoms with E-state index in [0.717, 1.165) is 18.7 Å². The average molecular weight is 346 g/mol. The number of aryl methyl sites for hydroxylation is 1. The highest BCUT2D eigenvalue weighted by Crippen LogP contribution is 2.32. The van der Waals surface area contributed by atoms with Gasteiger partial charge in [-0.25, -0.2) is 9.78 Å². The Balaban J connectivity index is 1.39. The van der Waals surface area contributed by atoms with Crippen LogP contribution in [0.25, 0.3) is 11.2 Å². The molecule has 0 amide bonds. The molecule has 4 rings (SSSR count). The van der Waals surface area contributed by atoms with Crippen molar-refractivity contribution in [3.05, 3.63) is 34.8 Å². The summed E-state index contributed by atoms with van der Waals surface area (Å²) in [6.07, 6.45) is 7.68. The molecule has 0 radical (unpaired) electrons. The minimum atomic E-state index is -0.391. The first-order chi connectivity index (χ1) is 11.8. The lowest BCUT2D eigenvalue weighted by Crippen LogP contribution is -2.15. The summed E-state index contributed by atoms with van der Waals surface area (Å²) in [5.41, 5.74) is 1.07. The minimum absolute atomic E-state index is 0.391. The van der Waals surface area contributed by atoms with E-state index in [4.69, 9.17) is 8.83 Å². The molecule has 1 aliphatic rings. The molecule has 3 aromatic rings. The SMILES string of the molecule is O=c1oc2cccnc2n1CCSc1nnc(C2CCCCC2)o1. The van der Waals surface area contributed by atoms with Gasteiger partial charge < -0.3 is 8.83 Å². The standard InChI is InChI=1S/C16H18N4O3S/c21-16-20(13-12(22-16)7-4-8-17-13)9-10-24-15-19-18-14(23-15)11-5-2-1-3-6-11/h4,7-8,11H,1-3,5-6,9-10H2. The minimum Gasteiger partial charge on any atom is -0.416 e. The number of rotatable bonds is 5. The van der Waals surface area contributed by atoms with Crippen LogP contribution in [0.15, 0.2) is 37.2 Å². The fourth-order valence-corrected chi connectivity index (χ4v) is 3.81. The van der Waals surface area contributed by atoms with Crippen LogP contribution in [0, 0.1) is 0 Å². The number of thioether (sulfide) groups is 1. The molecular formula is C16H18N4O3S. The Bertz CT molecular complexity index is 879. The van der Waals surface area contributed by atoms with E-state index in [9.17, 15) is 4.79 Å². The lowest BCUT2D eigenvalue weighted by Gasteiger charge is -2.17. The third-order valence-electron chi connectivity index (χ3n) is 4.34. The monoisotopic (exact) mass is 346 g/mol. The van der Waals surface area contributed by atoms with Gasteiger partial charge in [0.05, 0.1) is 0 Å². The molecule has 7 nitrogen and oxygen atoms in total. The normalized spacial score (nSPS) is 16.0. The Hall–Kier alpha value is -2.09. The highest BCUT2D eigenvalue weighted by Gasteiger charge is 2.21. The maximum atomic E-state index is 11.9. The predicted molar refractivity (Wildman–Crippen MR) is 89.1 cm³/mol. The topological polar surface area (TPSA) is 87.0 Å². The second-order valence-corrected chi connectivity index (χ2v) is 6.98. The van der Waals surface area contributed by atoms with Gasteiger partial charge in [0.2, 0.25) is 5.89 Å². The number of pyridine rings is 1. The second kappa shape index (κ2) is 6.80. The van der Waals surface area contributed by atoms with Crippen LogP contribution in [0.4, 0.5) is 0 Å². The van der Waals surface area contributed by atoms with E-state index in [1.807, 2.05) is 0 Å². The molecule has 0 aliphatic heterocycles. The molecular weight excluding hydrogens is 328 g/mol. The van der Waals surface area contributed by atoms with Crippen LogP contribution < -0.4 is 5.76 Å². The first kappa shape index (κ1) is 15.4. The molecule has 0 saturated heterocycles. The highest BCUT2D eigenvalue weighted by molar-refractivity contribution is 7.99. The Labute approximate surface area is 142 Å². The van der Waals surface area contributed by atoms with Crippen molar-refractivity contribution in [1.29, 1.82) is 0 Å². The molecule has 0 N–H and O–H groups in total. The molecule has 1 aliphatic carbocycles. The summed E-state index contributed by atoms with van der Waals surface area (Å²) in [6.45, 7) is 0.481. The average Bonchev–Trinajstić information content (AvgIpc) is 3.21. The summed E-state index contributed by atoms with van der Waals surface area (Å²) < 4.78 is 12.5. The fourth-order valence-electron chi connectivity index (χ4n) is 3.11. The van der Waals surface area contributed by atoms with Crippen LogP contribution in [-0.2, 0) is 6.54 Å². The summed E-state index contributed by atoms with van der Waals surface area (Å²) in [4.78, 5) is 16.1. The lowest BCUT2D eigenvalue weighted by atomic mass is 9.89. The number of oxazole rings is 1. The van der Waals surface area contributed by atoms with Gasteiger partial charge in [0, 0.05) is 24.4 Å². The molecule has 0 aromatic carbocycles. The van der Waals surface area contributed by atoms with Gasteiger partial charge in [-0.15, -0.1) is 10.2 Å². The van der Waals surface area contributed by atoms with Crippen molar-refractivity contribution in [2.24, 2.45) is 0 Å². The van der Waals surface area contributed by atoms with E-state index in [2.05, 4.69) is 15.2 Å². The van der Waals surface area contributed by atoms with E-state index >= 15 is 0 Å². The Morgan fingerprint density at radius 3 is 2.96 bits per heavy atom. The zero-order chi connectivity index (χ0) is 16.4. The lowest BCUT2D eigenvalue weighted by molar-refractivity contribution is 0.334. The molecule has 0 bridgehead atoms. The van der Waals surface area contributed by atoms with Gasteiger partial charge in [-0.3, -0.25) is 4.57 Å². The van der Waals surface area contributed by atoms with Gasteiger partial charge in [-0.2, -0.15) is 0 Å². The molecule has 0 unspecified atom stereocenters. The smallest absolute Gasteiger partial charge is 0.416 e. The molecule has 8 heteroatoms. The number of fused-ring (bicyclic) bond motifs is 1. The Morgan fingerprint density at radius 1 is 1.21 bits per heavy atom. The van der Waals surface area contributed by atoms with Crippen LogP contribution in [-0.4, -0.2) is 25.5 Å². The van der Waals surface area contributed by atoms with Crippen LogP contribution in [0.2, 0.25) is 0 Å². The summed E-state index contributed by atoms with van der Waals surface area (Å²) >= 11 is 1.45. The zero-order valence-electron chi connectivity index (χ0n) is 13.2. The molecule has 0 atom stereocenters. The fraction of sp³-hybridized carbons (Fsp3) is 0.500. The van der Waals surface area contributed by atoms with Crippen molar-refractivity contribution in [3.8, 4) is 0 Å². The highest BCUT2D eigenvalue weighted by atomic mass is 32.2. The summed E-state index contributed by atoms with van der Waals surface area (Å²) in [7, 11) is 0. The largest absolute Gasteiger partial charge is 0.421 e. The van der Waals surface area contributed by atoms with Crippen molar-refractivity contribution >= 4 is 23.0 Å². The number of aromatic nitrogens is 4. The zero-order valence-corrected chi connectivity index (χ0v) is 14.0. The Kier molecular flexibility index (Phi) is 4.38. The van der Waals surface area contributed by atoms with E-state index in [0.29, 0.717) is 34.7 Å². The maximum Gasteiger partial charge on any atom is 0.421 e. The first-order valence-corrected chi connectivity index (χ1v) is 9.20. The van der Waals surface area contributed by atoms with Gasteiger partial charge in [-0.1, -0.05) is 31.0 Å². The summed E-state index contributed by atoms with van der Waals surface area (Å²) in [5, 5.41) is 8.86. The third-order valence-corrected chi connectivity index (χ3v) is 5.14. The molecule has 0 spiro atoms. The molecule has 1 fully saturated rings. The van der Waals surface area contributed by atoms with Crippen LogP contribution in [0.5, 0.6) is 0 Å². The molecule has 24 heavy (non-hydrogen) atoms. The van der Waals surface area contributed by atoms with E-state index in [-0.39, 0.29) is 0 Å². The molecule has 1 saturated carbocycles. The third kappa shape index (κ3) is 3.10. The molecule has 3 heterocycles. The Morgan fingerprint density at radius 2 is 2.08 bits per heavy atom. The number of hydrogen-bond acceptors (Lipinski definition) is 7. The quantitative estimate of drug-likeness (QED) is 0.655.